The van der Waals surface area contributed by atoms with E-state index in [-0.39, 0.29) is 5.97 Å². The van der Waals surface area contributed by atoms with E-state index >= 15 is 0 Å². The summed E-state index contributed by atoms with van der Waals surface area (Å²) >= 11 is 1.90. The molecular formula is C10H19NO2S. The second-order valence-corrected chi connectivity index (χ2v) is 5.16. The van der Waals surface area contributed by atoms with Crippen molar-refractivity contribution in [1.29, 1.82) is 0 Å². The van der Waals surface area contributed by atoms with Crippen LogP contribution in [0.15, 0.2) is 0 Å². The fourth-order valence-electron chi connectivity index (χ4n) is 1.27. The zero-order valence-electron chi connectivity index (χ0n) is 8.91. The zero-order valence-corrected chi connectivity index (χ0v) is 9.73. The smallest absolute Gasteiger partial charge is 0.307 e. The second-order valence-electron chi connectivity index (χ2n) is 4.01. The molecule has 0 aromatic rings. The van der Waals surface area contributed by atoms with E-state index in [1.165, 1.54) is 0 Å². The minimum Gasteiger partial charge on any atom is -0.465 e. The van der Waals surface area contributed by atoms with Gasteiger partial charge >= 0.3 is 5.97 Å². The second kappa shape index (κ2) is 6.30. The molecular weight excluding hydrogens is 198 g/mol. The fourth-order valence-corrected chi connectivity index (χ4v) is 2.22. The van der Waals surface area contributed by atoms with Crippen LogP contribution in [-0.2, 0) is 9.53 Å². The minimum absolute atomic E-state index is 0.0706. The first-order valence-corrected chi connectivity index (χ1v) is 6.30. The molecule has 0 aliphatic carbocycles. The molecule has 1 unspecified atom stereocenters. The SMILES string of the molecule is CC(C)COC(=O)CC1CSCCN1. The van der Waals surface area contributed by atoms with Crippen molar-refractivity contribution in [3.63, 3.8) is 0 Å². The van der Waals surface area contributed by atoms with E-state index in [4.69, 9.17) is 4.74 Å². The molecule has 0 aromatic carbocycles. The van der Waals surface area contributed by atoms with Crippen LogP contribution in [0.25, 0.3) is 0 Å². The molecule has 0 radical (unpaired) electrons. The van der Waals surface area contributed by atoms with Gasteiger partial charge < -0.3 is 10.1 Å². The van der Waals surface area contributed by atoms with Gasteiger partial charge in [-0.1, -0.05) is 13.8 Å². The zero-order chi connectivity index (χ0) is 10.4. The number of ether oxygens (including phenoxy) is 1. The quantitative estimate of drug-likeness (QED) is 0.720. The van der Waals surface area contributed by atoms with Crippen LogP contribution in [0.1, 0.15) is 20.3 Å². The molecule has 4 heteroatoms. The molecule has 82 valence electrons. The predicted octanol–water partition coefficient (Wildman–Crippen LogP) is 1.28. The molecule has 14 heavy (non-hydrogen) atoms. The standard InChI is InChI=1S/C10H19NO2S/c1-8(2)6-13-10(12)5-9-7-14-4-3-11-9/h8-9,11H,3-7H2,1-2H3. The minimum atomic E-state index is -0.0706. The number of esters is 1. The molecule has 0 bridgehead atoms. The van der Waals surface area contributed by atoms with Crippen LogP contribution in [0.5, 0.6) is 0 Å². The first-order valence-electron chi connectivity index (χ1n) is 5.15. The molecule has 0 amide bonds. The van der Waals surface area contributed by atoms with E-state index in [0.717, 1.165) is 18.1 Å². The Bertz CT molecular complexity index is 179. The Morgan fingerprint density at radius 1 is 1.64 bits per heavy atom. The molecule has 0 aromatic heterocycles. The number of carbonyl (C=O) groups excluding carboxylic acids is 1. The van der Waals surface area contributed by atoms with E-state index in [9.17, 15) is 4.79 Å². The summed E-state index contributed by atoms with van der Waals surface area (Å²) in [5.41, 5.74) is 0. The van der Waals surface area contributed by atoms with E-state index in [0.29, 0.717) is 25.0 Å². The lowest BCUT2D eigenvalue weighted by atomic mass is 10.2. The van der Waals surface area contributed by atoms with Crippen molar-refractivity contribution in [2.45, 2.75) is 26.3 Å². The number of rotatable bonds is 4. The summed E-state index contributed by atoms with van der Waals surface area (Å²) in [5, 5.41) is 3.32. The summed E-state index contributed by atoms with van der Waals surface area (Å²) in [4.78, 5) is 11.3. The van der Waals surface area contributed by atoms with Crippen molar-refractivity contribution in [3.05, 3.63) is 0 Å². The number of hydrogen-bond donors (Lipinski definition) is 1. The van der Waals surface area contributed by atoms with Gasteiger partial charge in [-0.2, -0.15) is 11.8 Å². The Morgan fingerprint density at radius 2 is 2.43 bits per heavy atom. The number of carbonyl (C=O) groups is 1. The molecule has 1 heterocycles. The van der Waals surface area contributed by atoms with Crippen molar-refractivity contribution in [3.8, 4) is 0 Å². The highest BCUT2D eigenvalue weighted by Gasteiger charge is 2.17. The van der Waals surface area contributed by atoms with Gasteiger partial charge in [-0.3, -0.25) is 4.79 Å². The monoisotopic (exact) mass is 217 g/mol. The van der Waals surface area contributed by atoms with Gasteiger partial charge in [0.25, 0.3) is 0 Å². The van der Waals surface area contributed by atoms with E-state index < -0.39 is 0 Å². The van der Waals surface area contributed by atoms with Gasteiger partial charge in [0.05, 0.1) is 13.0 Å². The topological polar surface area (TPSA) is 38.3 Å². The molecule has 0 saturated carbocycles. The fraction of sp³-hybridized carbons (Fsp3) is 0.900. The lowest BCUT2D eigenvalue weighted by Gasteiger charge is -2.22. The Hall–Kier alpha value is -0.220. The largest absolute Gasteiger partial charge is 0.465 e. The van der Waals surface area contributed by atoms with Gasteiger partial charge in [-0.05, 0) is 5.92 Å². The predicted molar refractivity (Wildman–Crippen MR) is 59.5 cm³/mol. The Kier molecular flexibility index (Phi) is 5.33. The molecule has 3 nitrogen and oxygen atoms in total. The van der Waals surface area contributed by atoms with Crippen molar-refractivity contribution < 1.29 is 9.53 Å². The van der Waals surface area contributed by atoms with Gasteiger partial charge in [-0.25, -0.2) is 0 Å². The summed E-state index contributed by atoms with van der Waals surface area (Å²) in [6, 6.07) is 0.313. The highest BCUT2D eigenvalue weighted by molar-refractivity contribution is 7.99. The van der Waals surface area contributed by atoms with E-state index in [1.54, 1.807) is 0 Å². The molecule has 1 atom stereocenters. The summed E-state index contributed by atoms with van der Waals surface area (Å²) in [6.45, 7) is 5.63. The van der Waals surface area contributed by atoms with E-state index in [1.807, 2.05) is 25.6 Å². The molecule has 1 aliphatic rings. The third-order valence-electron chi connectivity index (χ3n) is 1.99. The van der Waals surface area contributed by atoms with Crippen LogP contribution in [0.3, 0.4) is 0 Å². The maximum atomic E-state index is 11.3. The number of thioether (sulfide) groups is 1. The number of nitrogens with one attached hydrogen (secondary N) is 1. The third kappa shape index (κ3) is 4.86. The lowest BCUT2D eigenvalue weighted by Crippen LogP contribution is -2.39. The first-order chi connectivity index (χ1) is 6.68. The van der Waals surface area contributed by atoms with Crippen LogP contribution in [-0.4, -0.2) is 36.7 Å². The van der Waals surface area contributed by atoms with Gasteiger partial charge in [0.2, 0.25) is 0 Å². The van der Waals surface area contributed by atoms with Gasteiger partial charge in [0.15, 0.2) is 0 Å². The average Bonchev–Trinajstić information content (AvgIpc) is 2.16. The highest BCUT2D eigenvalue weighted by atomic mass is 32.2. The maximum Gasteiger partial charge on any atom is 0.307 e. The van der Waals surface area contributed by atoms with Crippen LogP contribution >= 0.6 is 11.8 Å². The van der Waals surface area contributed by atoms with Crippen molar-refractivity contribution in [2.24, 2.45) is 5.92 Å². The molecule has 0 spiro atoms. The normalized spacial score (nSPS) is 22.4. The number of hydrogen-bond acceptors (Lipinski definition) is 4. The molecule has 1 N–H and O–H groups in total. The lowest BCUT2D eigenvalue weighted by molar-refractivity contribution is -0.145. The van der Waals surface area contributed by atoms with Crippen LogP contribution in [0.2, 0.25) is 0 Å². The maximum absolute atomic E-state index is 11.3. The molecule has 1 rings (SSSR count). The highest BCUT2D eigenvalue weighted by Crippen LogP contribution is 2.10. The Labute approximate surface area is 90.0 Å². The Morgan fingerprint density at radius 3 is 3.00 bits per heavy atom. The molecule has 1 aliphatic heterocycles. The van der Waals surface area contributed by atoms with Crippen LogP contribution in [0.4, 0.5) is 0 Å². The van der Waals surface area contributed by atoms with Crippen LogP contribution < -0.4 is 5.32 Å². The van der Waals surface area contributed by atoms with Crippen molar-refractivity contribution in [1.82, 2.24) is 5.32 Å². The first kappa shape index (κ1) is 11.9. The van der Waals surface area contributed by atoms with Crippen molar-refractivity contribution in [2.75, 3.05) is 24.7 Å². The van der Waals surface area contributed by atoms with Gasteiger partial charge in [-0.15, -0.1) is 0 Å². The summed E-state index contributed by atoms with van der Waals surface area (Å²) < 4.78 is 5.12. The van der Waals surface area contributed by atoms with Crippen molar-refractivity contribution >= 4 is 17.7 Å². The third-order valence-corrected chi connectivity index (χ3v) is 3.12. The average molecular weight is 217 g/mol. The molecule has 1 fully saturated rings. The summed E-state index contributed by atoms with van der Waals surface area (Å²) in [6.07, 6.45) is 0.514. The van der Waals surface area contributed by atoms with E-state index in [2.05, 4.69) is 5.32 Å². The van der Waals surface area contributed by atoms with Gasteiger partial charge in [0.1, 0.15) is 0 Å². The summed E-state index contributed by atoms with van der Waals surface area (Å²) in [5.74, 6) is 2.53. The van der Waals surface area contributed by atoms with Crippen LogP contribution in [0, 0.1) is 5.92 Å². The Balaban J connectivity index is 2.12. The molecule has 1 saturated heterocycles. The van der Waals surface area contributed by atoms with Gasteiger partial charge in [0, 0.05) is 24.1 Å². The summed E-state index contributed by atoms with van der Waals surface area (Å²) in [7, 11) is 0.